The number of ketones is 1. The molecule has 1 fully saturated rings. The number of methoxy groups -OCH3 is 1. The van der Waals surface area contributed by atoms with Gasteiger partial charge in [0.1, 0.15) is 11.5 Å². The summed E-state index contributed by atoms with van der Waals surface area (Å²) < 4.78 is 6.18. The number of aryl methyl sites for hydroxylation is 1. The number of carbonyl (C=O) groups excluding carboxylic acids is 2. The molecule has 2 heterocycles. The van der Waals surface area contributed by atoms with Gasteiger partial charge in [-0.25, -0.2) is 4.98 Å². The number of aliphatic hydroxyl groups is 1. The van der Waals surface area contributed by atoms with Crippen molar-refractivity contribution in [3.8, 4) is 5.75 Å². The summed E-state index contributed by atoms with van der Waals surface area (Å²) in [4.78, 5) is 35.0. The fourth-order valence-electron chi connectivity index (χ4n) is 4.38. The van der Waals surface area contributed by atoms with Crippen molar-refractivity contribution in [2.75, 3.05) is 31.0 Å². The molecule has 0 saturated carbocycles. The third kappa shape index (κ3) is 4.32. The van der Waals surface area contributed by atoms with Gasteiger partial charge in [0.2, 0.25) is 0 Å². The van der Waals surface area contributed by atoms with Crippen LogP contribution in [0.1, 0.15) is 22.7 Å². The van der Waals surface area contributed by atoms with E-state index < -0.39 is 17.7 Å². The Morgan fingerprint density at radius 1 is 1.08 bits per heavy atom. The average molecular weight is 534 g/mol. The van der Waals surface area contributed by atoms with Gasteiger partial charge in [-0.05, 0) is 60.5 Å². The number of hydrogen-bond donors (Lipinski definition) is 1. The minimum atomic E-state index is -0.903. The Balaban J connectivity index is 1.74. The van der Waals surface area contributed by atoms with E-state index >= 15 is 0 Å². The lowest BCUT2D eigenvalue weighted by molar-refractivity contribution is -0.132. The molecule has 5 rings (SSSR count). The molecule has 188 valence electrons. The van der Waals surface area contributed by atoms with Gasteiger partial charge in [-0.1, -0.05) is 41.1 Å². The maximum Gasteiger partial charge on any atom is 0.301 e. The van der Waals surface area contributed by atoms with E-state index in [4.69, 9.17) is 16.3 Å². The molecule has 0 spiro atoms. The summed E-state index contributed by atoms with van der Waals surface area (Å²) in [5, 5.41) is 12.0. The second-order valence-electron chi connectivity index (χ2n) is 8.97. The van der Waals surface area contributed by atoms with Crippen LogP contribution in [-0.4, -0.2) is 43.0 Å². The predicted molar refractivity (Wildman–Crippen MR) is 148 cm³/mol. The summed E-state index contributed by atoms with van der Waals surface area (Å²) in [6.45, 7) is 1.98. The molecular formula is C28H24ClN3O4S. The molecule has 1 N–H and O–H groups in total. The van der Waals surface area contributed by atoms with Crippen molar-refractivity contribution in [3.63, 3.8) is 0 Å². The molecule has 0 radical (unpaired) electrons. The van der Waals surface area contributed by atoms with Gasteiger partial charge in [-0.3, -0.25) is 14.5 Å². The third-order valence-corrected chi connectivity index (χ3v) is 7.68. The summed E-state index contributed by atoms with van der Waals surface area (Å²) in [7, 11) is 5.34. The third-order valence-electron chi connectivity index (χ3n) is 6.34. The minimum absolute atomic E-state index is 0.0619. The van der Waals surface area contributed by atoms with Gasteiger partial charge in [-0.2, -0.15) is 0 Å². The molecule has 1 unspecified atom stereocenters. The molecule has 1 aliphatic rings. The van der Waals surface area contributed by atoms with Crippen LogP contribution in [0.25, 0.3) is 16.0 Å². The molecule has 3 aromatic carbocycles. The van der Waals surface area contributed by atoms with Gasteiger partial charge in [0, 0.05) is 25.3 Å². The SMILES string of the molecule is COc1ccc(Cl)c(/C(O)=C2\C(=O)C(=O)N(c3nc4ccc(C)cc4s3)C2c2ccc(N(C)C)cc2)c1. The number of carbonyl (C=O) groups is 2. The quantitative estimate of drug-likeness (QED) is 0.194. The first-order chi connectivity index (χ1) is 17.7. The lowest BCUT2D eigenvalue weighted by Gasteiger charge is -2.24. The van der Waals surface area contributed by atoms with E-state index in [0.717, 1.165) is 21.5 Å². The van der Waals surface area contributed by atoms with Crippen LogP contribution in [0.2, 0.25) is 5.02 Å². The Hall–Kier alpha value is -3.88. The average Bonchev–Trinajstić information content (AvgIpc) is 3.41. The maximum atomic E-state index is 13.5. The molecule has 1 amide bonds. The zero-order valence-corrected chi connectivity index (χ0v) is 22.2. The first-order valence-corrected chi connectivity index (χ1v) is 12.7. The summed E-state index contributed by atoms with van der Waals surface area (Å²) in [6, 6.07) is 17.2. The summed E-state index contributed by atoms with van der Waals surface area (Å²) in [5.41, 5.74) is 3.54. The number of fused-ring (bicyclic) bond motifs is 1. The fraction of sp³-hybridized carbons (Fsp3) is 0.179. The minimum Gasteiger partial charge on any atom is -0.507 e. The number of aliphatic hydroxyl groups excluding tert-OH is 1. The number of nitrogens with zero attached hydrogens (tertiary/aromatic N) is 3. The zero-order chi connectivity index (χ0) is 26.4. The first kappa shape index (κ1) is 24.8. The van der Waals surface area contributed by atoms with E-state index in [0.29, 0.717) is 16.4 Å². The Labute approximate surface area is 223 Å². The van der Waals surface area contributed by atoms with Crippen molar-refractivity contribution < 1.29 is 19.4 Å². The van der Waals surface area contributed by atoms with Gasteiger partial charge in [0.05, 0.1) is 34.0 Å². The standard InChI is InChI=1S/C28H24ClN3O4S/c1-15-5-12-21-22(13-15)37-28(30-21)32-24(16-6-8-17(9-7-16)31(2)3)23(26(34)27(32)35)25(33)19-14-18(36-4)10-11-20(19)29/h5-14,24,33H,1-4H3/b25-23+. The van der Waals surface area contributed by atoms with Crippen molar-refractivity contribution in [1.82, 2.24) is 4.98 Å². The van der Waals surface area contributed by atoms with Crippen LogP contribution in [0.15, 0.2) is 66.2 Å². The Morgan fingerprint density at radius 3 is 2.49 bits per heavy atom. The number of Topliss-reactive ketones (excluding diaryl/α,β-unsaturated/α-hetero) is 1. The normalized spacial score (nSPS) is 17.0. The fourth-order valence-corrected chi connectivity index (χ4v) is 5.68. The molecular weight excluding hydrogens is 510 g/mol. The highest BCUT2D eigenvalue weighted by Crippen LogP contribution is 2.45. The first-order valence-electron chi connectivity index (χ1n) is 11.5. The number of ether oxygens (including phenoxy) is 1. The van der Waals surface area contributed by atoms with Crippen molar-refractivity contribution in [3.05, 3.63) is 87.9 Å². The number of thiazole rings is 1. The topological polar surface area (TPSA) is 83.0 Å². The Morgan fingerprint density at radius 2 is 1.81 bits per heavy atom. The molecule has 1 saturated heterocycles. The second-order valence-corrected chi connectivity index (χ2v) is 10.4. The molecule has 1 aliphatic heterocycles. The molecule has 4 aromatic rings. The number of benzene rings is 3. The van der Waals surface area contributed by atoms with Gasteiger partial charge < -0.3 is 14.7 Å². The number of hydrogen-bond acceptors (Lipinski definition) is 7. The molecule has 0 aliphatic carbocycles. The molecule has 0 bridgehead atoms. The van der Waals surface area contributed by atoms with Gasteiger partial charge in [0.15, 0.2) is 5.13 Å². The smallest absolute Gasteiger partial charge is 0.301 e. The molecule has 37 heavy (non-hydrogen) atoms. The number of halogens is 1. The van der Waals surface area contributed by atoms with Crippen LogP contribution >= 0.6 is 22.9 Å². The Kier molecular flexibility index (Phi) is 6.39. The largest absolute Gasteiger partial charge is 0.507 e. The highest BCUT2D eigenvalue weighted by molar-refractivity contribution is 7.22. The van der Waals surface area contributed by atoms with Crippen LogP contribution < -0.4 is 14.5 Å². The summed E-state index contributed by atoms with van der Waals surface area (Å²) >= 11 is 7.73. The van der Waals surface area contributed by atoms with Crippen molar-refractivity contribution in [2.45, 2.75) is 13.0 Å². The van der Waals surface area contributed by atoms with E-state index in [1.807, 2.05) is 68.4 Å². The maximum absolute atomic E-state index is 13.5. The van der Waals surface area contributed by atoms with Gasteiger partial charge in [-0.15, -0.1) is 0 Å². The highest BCUT2D eigenvalue weighted by atomic mass is 35.5. The number of anilines is 2. The lowest BCUT2D eigenvalue weighted by Crippen LogP contribution is -2.29. The van der Waals surface area contributed by atoms with Gasteiger partial charge >= 0.3 is 5.91 Å². The van der Waals surface area contributed by atoms with E-state index in [-0.39, 0.29) is 21.9 Å². The second kappa shape index (κ2) is 9.53. The van der Waals surface area contributed by atoms with E-state index in [1.165, 1.54) is 29.4 Å². The monoisotopic (exact) mass is 533 g/mol. The Bertz CT molecular complexity index is 1580. The highest BCUT2D eigenvalue weighted by Gasteiger charge is 2.48. The van der Waals surface area contributed by atoms with E-state index in [1.54, 1.807) is 12.1 Å². The van der Waals surface area contributed by atoms with Crippen molar-refractivity contribution in [2.24, 2.45) is 0 Å². The molecule has 9 heteroatoms. The zero-order valence-electron chi connectivity index (χ0n) is 20.7. The van der Waals surface area contributed by atoms with Crippen LogP contribution in [0.5, 0.6) is 5.75 Å². The number of aromatic nitrogens is 1. The number of rotatable bonds is 5. The van der Waals surface area contributed by atoms with E-state index in [9.17, 15) is 14.7 Å². The molecule has 7 nitrogen and oxygen atoms in total. The van der Waals surface area contributed by atoms with Crippen LogP contribution in [0.3, 0.4) is 0 Å². The number of amides is 1. The van der Waals surface area contributed by atoms with Crippen LogP contribution in [0, 0.1) is 6.92 Å². The summed E-state index contributed by atoms with van der Waals surface area (Å²) in [6.07, 6.45) is 0. The van der Waals surface area contributed by atoms with Gasteiger partial charge in [0.25, 0.3) is 5.78 Å². The summed E-state index contributed by atoms with van der Waals surface area (Å²) in [5.74, 6) is -1.50. The lowest BCUT2D eigenvalue weighted by atomic mass is 9.95. The molecule has 1 aromatic heterocycles. The van der Waals surface area contributed by atoms with E-state index in [2.05, 4.69) is 4.98 Å². The van der Waals surface area contributed by atoms with Crippen molar-refractivity contribution >= 4 is 61.4 Å². The molecule has 1 atom stereocenters. The van der Waals surface area contributed by atoms with Crippen molar-refractivity contribution in [1.29, 1.82) is 0 Å². The predicted octanol–water partition coefficient (Wildman–Crippen LogP) is 5.96. The van der Waals surface area contributed by atoms with Crippen LogP contribution in [0.4, 0.5) is 10.8 Å². The van der Waals surface area contributed by atoms with Crippen LogP contribution in [-0.2, 0) is 9.59 Å².